The first-order valence-electron chi connectivity index (χ1n) is 8.85. The van der Waals surface area contributed by atoms with E-state index in [1.807, 2.05) is 30.3 Å². The van der Waals surface area contributed by atoms with Crippen LogP contribution in [0.3, 0.4) is 0 Å². The van der Waals surface area contributed by atoms with Crippen molar-refractivity contribution in [2.45, 2.75) is 65.3 Å². The van der Waals surface area contributed by atoms with E-state index in [2.05, 4.69) is 10.6 Å². The van der Waals surface area contributed by atoms with Crippen LogP contribution in [0.1, 0.15) is 47.1 Å². The van der Waals surface area contributed by atoms with Crippen molar-refractivity contribution >= 4 is 17.8 Å². The van der Waals surface area contributed by atoms with E-state index < -0.39 is 29.2 Å². The number of ketones is 1. The van der Waals surface area contributed by atoms with Crippen LogP contribution in [0.2, 0.25) is 0 Å². The van der Waals surface area contributed by atoms with E-state index in [-0.39, 0.29) is 12.4 Å². The average molecular weight is 378 g/mol. The number of rotatable bonds is 8. The van der Waals surface area contributed by atoms with Crippen LogP contribution in [0.4, 0.5) is 4.79 Å². The van der Waals surface area contributed by atoms with E-state index in [1.165, 1.54) is 20.8 Å². The standard InChI is InChI=1S/C20H30N2O5/c1-14(23)16(13-26-12-15-10-8-7-9-11-15)21-17(24)20(5,6)22-18(25)27-19(2,3)4/h7-11,16H,12-13H2,1-6H3,(H,21,24)(H,22,25). The molecule has 0 aliphatic heterocycles. The van der Waals surface area contributed by atoms with Gasteiger partial charge in [-0.05, 0) is 47.1 Å². The fraction of sp³-hybridized carbons (Fsp3) is 0.550. The lowest BCUT2D eigenvalue weighted by atomic mass is 10.0. The molecule has 2 N–H and O–H groups in total. The van der Waals surface area contributed by atoms with Crippen LogP contribution in [0, 0.1) is 0 Å². The van der Waals surface area contributed by atoms with E-state index >= 15 is 0 Å². The molecule has 1 unspecified atom stereocenters. The molecule has 0 aliphatic rings. The number of amides is 2. The van der Waals surface area contributed by atoms with E-state index in [0.717, 1.165) is 5.56 Å². The van der Waals surface area contributed by atoms with Crippen molar-refractivity contribution in [3.05, 3.63) is 35.9 Å². The van der Waals surface area contributed by atoms with Gasteiger partial charge in [0.05, 0.1) is 13.2 Å². The molecule has 150 valence electrons. The maximum absolute atomic E-state index is 12.5. The van der Waals surface area contributed by atoms with Crippen molar-refractivity contribution in [1.82, 2.24) is 10.6 Å². The number of hydrogen-bond acceptors (Lipinski definition) is 5. The van der Waals surface area contributed by atoms with Gasteiger partial charge in [-0.2, -0.15) is 0 Å². The van der Waals surface area contributed by atoms with Gasteiger partial charge in [0.15, 0.2) is 5.78 Å². The van der Waals surface area contributed by atoms with Gasteiger partial charge in [0.25, 0.3) is 0 Å². The molecule has 1 aromatic carbocycles. The highest BCUT2D eigenvalue weighted by atomic mass is 16.6. The van der Waals surface area contributed by atoms with Crippen molar-refractivity contribution < 1.29 is 23.9 Å². The number of carbonyl (C=O) groups excluding carboxylic acids is 3. The molecule has 0 heterocycles. The summed E-state index contributed by atoms with van der Waals surface area (Å²) in [7, 11) is 0. The van der Waals surface area contributed by atoms with Gasteiger partial charge in [-0.25, -0.2) is 4.79 Å². The van der Waals surface area contributed by atoms with Crippen molar-refractivity contribution in [2.24, 2.45) is 0 Å². The molecular formula is C20H30N2O5. The molecule has 27 heavy (non-hydrogen) atoms. The third-order valence-corrected chi connectivity index (χ3v) is 3.57. The first kappa shape index (κ1) is 22.6. The summed E-state index contributed by atoms with van der Waals surface area (Å²) in [5.41, 5.74) is -0.961. The molecule has 7 nitrogen and oxygen atoms in total. The largest absolute Gasteiger partial charge is 0.444 e. The van der Waals surface area contributed by atoms with E-state index in [0.29, 0.717) is 6.61 Å². The minimum atomic E-state index is -1.25. The lowest BCUT2D eigenvalue weighted by molar-refractivity contribution is -0.131. The molecule has 0 spiro atoms. The lowest BCUT2D eigenvalue weighted by Gasteiger charge is -2.29. The van der Waals surface area contributed by atoms with Crippen molar-refractivity contribution in [2.75, 3.05) is 6.61 Å². The Morgan fingerprint density at radius 2 is 1.63 bits per heavy atom. The topological polar surface area (TPSA) is 93.7 Å². The zero-order valence-corrected chi connectivity index (χ0v) is 16.9. The summed E-state index contributed by atoms with van der Waals surface area (Å²) in [6.07, 6.45) is -0.706. The molecule has 0 aliphatic carbocycles. The highest BCUT2D eigenvalue weighted by molar-refractivity contribution is 5.93. The van der Waals surface area contributed by atoms with Gasteiger partial charge in [-0.3, -0.25) is 9.59 Å². The Balaban J connectivity index is 2.60. The summed E-state index contributed by atoms with van der Waals surface area (Å²) >= 11 is 0. The highest BCUT2D eigenvalue weighted by Crippen LogP contribution is 2.10. The maximum atomic E-state index is 12.5. The van der Waals surface area contributed by atoms with Crippen molar-refractivity contribution in [3.8, 4) is 0 Å². The number of ether oxygens (including phenoxy) is 2. The third kappa shape index (κ3) is 8.68. The van der Waals surface area contributed by atoms with Gasteiger partial charge in [0, 0.05) is 0 Å². The monoisotopic (exact) mass is 378 g/mol. The Morgan fingerprint density at radius 3 is 2.15 bits per heavy atom. The van der Waals surface area contributed by atoms with Crippen LogP contribution in [0.5, 0.6) is 0 Å². The molecule has 0 saturated carbocycles. The van der Waals surface area contributed by atoms with Gasteiger partial charge >= 0.3 is 6.09 Å². The summed E-state index contributed by atoms with van der Waals surface area (Å²) in [6.45, 7) is 10.0. The van der Waals surface area contributed by atoms with Crippen molar-refractivity contribution in [3.63, 3.8) is 0 Å². The Kier molecular flexibility index (Phi) is 7.97. The van der Waals surface area contributed by atoms with E-state index in [1.54, 1.807) is 20.8 Å². The molecular weight excluding hydrogens is 348 g/mol. The van der Waals surface area contributed by atoms with Crippen LogP contribution in [0.25, 0.3) is 0 Å². The van der Waals surface area contributed by atoms with Crippen LogP contribution in [0.15, 0.2) is 30.3 Å². The molecule has 0 aromatic heterocycles. The smallest absolute Gasteiger partial charge is 0.408 e. The van der Waals surface area contributed by atoms with Crippen LogP contribution in [-0.2, 0) is 25.7 Å². The maximum Gasteiger partial charge on any atom is 0.408 e. The zero-order chi connectivity index (χ0) is 20.7. The number of Topliss-reactive ketones (excluding diaryl/α,β-unsaturated/α-hetero) is 1. The second-order valence-electron chi connectivity index (χ2n) is 7.89. The van der Waals surface area contributed by atoms with E-state index in [9.17, 15) is 14.4 Å². The summed E-state index contributed by atoms with van der Waals surface area (Å²) < 4.78 is 10.7. The first-order valence-corrected chi connectivity index (χ1v) is 8.85. The van der Waals surface area contributed by atoms with Crippen LogP contribution < -0.4 is 10.6 Å². The predicted molar refractivity (Wildman–Crippen MR) is 102 cm³/mol. The van der Waals surface area contributed by atoms with Gasteiger partial charge in [0.2, 0.25) is 5.91 Å². The Hall–Kier alpha value is -2.41. The first-order chi connectivity index (χ1) is 12.4. The third-order valence-electron chi connectivity index (χ3n) is 3.57. The number of nitrogens with one attached hydrogen (secondary N) is 2. The summed E-state index contributed by atoms with van der Waals surface area (Å²) in [5, 5.41) is 5.14. The second-order valence-corrected chi connectivity index (χ2v) is 7.89. The summed E-state index contributed by atoms with van der Waals surface area (Å²) in [5.74, 6) is -0.735. The number of carbonyl (C=O) groups is 3. The normalized spacial score (nSPS) is 12.8. The van der Waals surface area contributed by atoms with Crippen molar-refractivity contribution in [1.29, 1.82) is 0 Å². The molecule has 7 heteroatoms. The number of hydrogen-bond donors (Lipinski definition) is 2. The summed E-state index contributed by atoms with van der Waals surface area (Å²) in [4.78, 5) is 36.3. The molecule has 0 fully saturated rings. The van der Waals surface area contributed by atoms with Gasteiger partial charge < -0.3 is 20.1 Å². The summed E-state index contributed by atoms with van der Waals surface area (Å²) in [6, 6.07) is 8.72. The van der Waals surface area contributed by atoms with Gasteiger partial charge in [-0.15, -0.1) is 0 Å². The fourth-order valence-corrected chi connectivity index (χ4v) is 2.08. The predicted octanol–water partition coefficient (Wildman–Crippen LogP) is 2.58. The molecule has 1 atom stereocenters. The molecule has 1 rings (SSSR count). The molecule has 0 radical (unpaired) electrons. The Morgan fingerprint density at radius 1 is 1.04 bits per heavy atom. The average Bonchev–Trinajstić information content (AvgIpc) is 2.52. The minimum absolute atomic E-state index is 0.0402. The quantitative estimate of drug-likeness (QED) is 0.725. The van der Waals surface area contributed by atoms with Crippen LogP contribution >= 0.6 is 0 Å². The SMILES string of the molecule is CC(=O)C(COCc1ccccc1)NC(=O)C(C)(C)NC(=O)OC(C)(C)C. The number of benzene rings is 1. The van der Waals surface area contributed by atoms with Gasteiger partial charge in [-0.1, -0.05) is 30.3 Å². The lowest BCUT2D eigenvalue weighted by Crippen LogP contribution is -2.58. The van der Waals surface area contributed by atoms with Crippen LogP contribution in [-0.4, -0.2) is 41.6 Å². The second kappa shape index (κ2) is 9.50. The zero-order valence-electron chi connectivity index (χ0n) is 16.9. The number of alkyl carbamates (subject to hydrolysis) is 1. The molecule has 2 amide bonds. The molecule has 1 aromatic rings. The molecule has 0 bridgehead atoms. The Labute approximate surface area is 160 Å². The van der Waals surface area contributed by atoms with E-state index in [4.69, 9.17) is 9.47 Å². The fourth-order valence-electron chi connectivity index (χ4n) is 2.08. The Bertz CT molecular complexity index is 650. The van der Waals surface area contributed by atoms with Gasteiger partial charge in [0.1, 0.15) is 17.2 Å². The molecule has 0 saturated heterocycles. The highest BCUT2D eigenvalue weighted by Gasteiger charge is 2.33. The minimum Gasteiger partial charge on any atom is -0.444 e.